The van der Waals surface area contributed by atoms with Gasteiger partial charge in [-0.1, -0.05) is 40.2 Å². The minimum absolute atomic E-state index is 0. The fraction of sp³-hybridized carbons (Fsp3) is 0.731. The average Bonchev–Trinajstić information content (AvgIpc) is 2.78. The number of nitrogens with one attached hydrogen (secondary N) is 1. The molecule has 0 aliphatic rings. The van der Waals surface area contributed by atoms with Crippen LogP contribution in [0.1, 0.15) is 58.9 Å². The molecule has 198 valence electrons. The van der Waals surface area contributed by atoms with E-state index in [2.05, 4.69) is 26.1 Å². The predicted octanol–water partition coefficient (Wildman–Crippen LogP) is 3.98. The number of benzene rings is 1. The number of carbonyl (C=O) groups excluding carboxylic acids is 1. The van der Waals surface area contributed by atoms with Crippen molar-refractivity contribution in [3.05, 3.63) is 23.8 Å². The molecule has 0 aliphatic heterocycles. The SMILES string of the molecule is CCCCNC(=O)[C@H](C)C[C@H](O)[C@@H](N)C[C@H](Cc1ccc(OC)c(OCCOC)c1)C(C)C.Cl. The van der Waals surface area contributed by atoms with Gasteiger partial charge in [0, 0.05) is 25.6 Å². The van der Waals surface area contributed by atoms with Gasteiger partial charge in [-0.3, -0.25) is 4.79 Å². The largest absolute Gasteiger partial charge is 0.493 e. The molecule has 4 N–H and O–H groups in total. The summed E-state index contributed by atoms with van der Waals surface area (Å²) < 4.78 is 16.3. The Balaban J connectivity index is 0.0000109. The van der Waals surface area contributed by atoms with Crippen molar-refractivity contribution in [3.8, 4) is 11.5 Å². The Morgan fingerprint density at radius 2 is 1.82 bits per heavy atom. The first-order chi connectivity index (χ1) is 15.7. The van der Waals surface area contributed by atoms with Crippen LogP contribution in [-0.4, -0.2) is 57.1 Å². The van der Waals surface area contributed by atoms with Gasteiger partial charge in [-0.15, -0.1) is 12.4 Å². The quantitative estimate of drug-likeness (QED) is 0.278. The Hall–Kier alpha value is -1.54. The van der Waals surface area contributed by atoms with E-state index in [-0.39, 0.29) is 36.2 Å². The smallest absolute Gasteiger partial charge is 0.222 e. The van der Waals surface area contributed by atoms with E-state index in [0.717, 1.165) is 24.8 Å². The molecule has 1 amide bonds. The van der Waals surface area contributed by atoms with Crippen molar-refractivity contribution in [2.45, 2.75) is 71.9 Å². The average molecular weight is 503 g/mol. The van der Waals surface area contributed by atoms with Gasteiger partial charge >= 0.3 is 0 Å². The molecule has 0 aromatic heterocycles. The lowest BCUT2D eigenvalue weighted by Gasteiger charge is -2.28. The van der Waals surface area contributed by atoms with E-state index in [1.807, 2.05) is 25.1 Å². The lowest BCUT2D eigenvalue weighted by Crippen LogP contribution is -2.41. The van der Waals surface area contributed by atoms with Crippen molar-refractivity contribution < 1.29 is 24.1 Å². The number of rotatable bonds is 17. The normalized spacial score (nSPS) is 14.6. The Morgan fingerprint density at radius 1 is 1.12 bits per heavy atom. The van der Waals surface area contributed by atoms with Crippen molar-refractivity contribution in [3.63, 3.8) is 0 Å². The van der Waals surface area contributed by atoms with Gasteiger partial charge in [0.25, 0.3) is 0 Å². The number of hydrogen-bond acceptors (Lipinski definition) is 6. The summed E-state index contributed by atoms with van der Waals surface area (Å²) in [6.45, 7) is 9.91. The Morgan fingerprint density at radius 3 is 2.41 bits per heavy atom. The second-order valence-electron chi connectivity index (χ2n) is 9.28. The Bertz CT molecular complexity index is 689. The van der Waals surface area contributed by atoms with Crippen LogP contribution in [0.5, 0.6) is 11.5 Å². The zero-order valence-corrected chi connectivity index (χ0v) is 22.7. The first-order valence-electron chi connectivity index (χ1n) is 12.2. The summed E-state index contributed by atoms with van der Waals surface area (Å²) in [5.74, 6) is 1.76. The molecule has 1 aromatic rings. The van der Waals surface area contributed by atoms with E-state index in [9.17, 15) is 9.90 Å². The summed E-state index contributed by atoms with van der Waals surface area (Å²) in [6.07, 6.45) is 3.13. The Kier molecular flexibility index (Phi) is 17.0. The fourth-order valence-electron chi connectivity index (χ4n) is 3.80. The summed E-state index contributed by atoms with van der Waals surface area (Å²) in [7, 11) is 3.27. The number of amides is 1. The van der Waals surface area contributed by atoms with Crippen LogP contribution in [0.4, 0.5) is 0 Å². The number of methoxy groups -OCH3 is 2. The van der Waals surface area contributed by atoms with Gasteiger partial charge in [-0.25, -0.2) is 0 Å². The molecule has 4 atom stereocenters. The molecule has 0 saturated carbocycles. The second kappa shape index (κ2) is 17.8. The molecule has 0 fully saturated rings. The minimum Gasteiger partial charge on any atom is -0.493 e. The van der Waals surface area contributed by atoms with Crippen LogP contribution in [0.3, 0.4) is 0 Å². The second-order valence-corrected chi connectivity index (χ2v) is 9.28. The highest BCUT2D eigenvalue weighted by Gasteiger charge is 2.26. The highest BCUT2D eigenvalue weighted by atomic mass is 35.5. The van der Waals surface area contributed by atoms with Crippen LogP contribution in [0.2, 0.25) is 0 Å². The van der Waals surface area contributed by atoms with E-state index in [4.69, 9.17) is 19.9 Å². The molecule has 0 aliphatic carbocycles. The van der Waals surface area contributed by atoms with Crippen molar-refractivity contribution in [2.24, 2.45) is 23.5 Å². The monoisotopic (exact) mass is 502 g/mol. The van der Waals surface area contributed by atoms with E-state index < -0.39 is 6.10 Å². The van der Waals surface area contributed by atoms with Gasteiger partial charge in [0.15, 0.2) is 11.5 Å². The summed E-state index contributed by atoms with van der Waals surface area (Å²) in [6, 6.07) is 5.58. The molecule has 0 unspecified atom stereocenters. The molecule has 7 nitrogen and oxygen atoms in total. The lowest BCUT2D eigenvalue weighted by molar-refractivity contribution is -0.125. The van der Waals surface area contributed by atoms with E-state index in [1.165, 1.54) is 0 Å². The number of aliphatic hydroxyl groups is 1. The molecule has 8 heteroatoms. The molecule has 1 aromatic carbocycles. The van der Waals surface area contributed by atoms with Crippen LogP contribution in [-0.2, 0) is 16.0 Å². The maximum atomic E-state index is 12.2. The maximum Gasteiger partial charge on any atom is 0.222 e. The summed E-state index contributed by atoms with van der Waals surface area (Å²) in [5, 5.41) is 13.6. The predicted molar refractivity (Wildman–Crippen MR) is 140 cm³/mol. The number of aliphatic hydroxyl groups excluding tert-OH is 1. The molecular formula is C26H47ClN2O5. The van der Waals surface area contributed by atoms with Crippen LogP contribution in [0, 0.1) is 17.8 Å². The first-order valence-corrected chi connectivity index (χ1v) is 12.2. The van der Waals surface area contributed by atoms with Crippen LogP contribution < -0.4 is 20.5 Å². The Labute approximate surface area is 212 Å². The summed E-state index contributed by atoms with van der Waals surface area (Å²) in [4.78, 5) is 12.2. The van der Waals surface area contributed by atoms with E-state index in [0.29, 0.717) is 50.0 Å². The molecule has 0 radical (unpaired) electrons. The van der Waals surface area contributed by atoms with Crippen molar-refractivity contribution >= 4 is 18.3 Å². The fourth-order valence-corrected chi connectivity index (χ4v) is 3.80. The van der Waals surface area contributed by atoms with Gasteiger partial charge in [0.05, 0.1) is 19.8 Å². The molecule has 0 bridgehead atoms. The summed E-state index contributed by atoms with van der Waals surface area (Å²) >= 11 is 0. The van der Waals surface area contributed by atoms with Gasteiger partial charge in [0.2, 0.25) is 5.91 Å². The van der Waals surface area contributed by atoms with Crippen molar-refractivity contribution in [1.82, 2.24) is 5.32 Å². The van der Waals surface area contributed by atoms with E-state index >= 15 is 0 Å². The highest BCUT2D eigenvalue weighted by molar-refractivity contribution is 5.85. The van der Waals surface area contributed by atoms with Crippen LogP contribution >= 0.6 is 12.4 Å². The zero-order valence-electron chi connectivity index (χ0n) is 21.8. The number of halogens is 1. The third kappa shape index (κ3) is 11.7. The molecule has 0 spiro atoms. The number of carbonyl (C=O) groups is 1. The number of unbranched alkanes of at least 4 members (excludes halogenated alkanes) is 1. The molecule has 0 heterocycles. The minimum atomic E-state index is -0.720. The number of ether oxygens (including phenoxy) is 3. The van der Waals surface area contributed by atoms with Gasteiger partial charge < -0.3 is 30.4 Å². The number of hydrogen-bond donors (Lipinski definition) is 3. The first kappa shape index (κ1) is 32.5. The zero-order chi connectivity index (χ0) is 24.8. The molecule has 1 rings (SSSR count). The number of nitrogens with two attached hydrogens (primary N) is 1. The standard InChI is InChI=1S/C26H46N2O5.ClH/c1-7-8-11-28-26(30)19(4)14-23(29)22(27)17-21(18(2)3)15-20-9-10-24(32-6)25(16-20)33-13-12-31-5;/h9-10,16,18-19,21-23,29H,7-8,11-15,17,27H2,1-6H3,(H,28,30);1H/t19-,21+,22+,23+;/m1./s1. The maximum absolute atomic E-state index is 12.2. The summed E-state index contributed by atoms with van der Waals surface area (Å²) in [5.41, 5.74) is 7.53. The molecule has 0 saturated heterocycles. The highest BCUT2D eigenvalue weighted by Crippen LogP contribution is 2.31. The topological polar surface area (TPSA) is 103 Å². The molecule has 34 heavy (non-hydrogen) atoms. The van der Waals surface area contributed by atoms with Crippen LogP contribution in [0.25, 0.3) is 0 Å². The van der Waals surface area contributed by atoms with Gasteiger partial charge in [0.1, 0.15) is 6.61 Å². The van der Waals surface area contributed by atoms with Gasteiger partial charge in [-0.2, -0.15) is 0 Å². The lowest BCUT2D eigenvalue weighted by atomic mass is 9.82. The van der Waals surface area contributed by atoms with Gasteiger partial charge in [-0.05, 0) is 55.2 Å². The third-order valence-corrected chi connectivity index (χ3v) is 6.16. The third-order valence-electron chi connectivity index (χ3n) is 6.16. The van der Waals surface area contributed by atoms with Crippen LogP contribution in [0.15, 0.2) is 18.2 Å². The van der Waals surface area contributed by atoms with Crippen molar-refractivity contribution in [1.29, 1.82) is 0 Å². The van der Waals surface area contributed by atoms with E-state index in [1.54, 1.807) is 14.2 Å². The van der Waals surface area contributed by atoms with Crippen molar-refractivity contribution in [2.75, 3.05) is 34.0 Å². The molecular weight excluding hydrogens is 456 g/mol.